The molecule has 0 spiro atoms. The van der Waals surface area contributed by atoms with E-state index in [0.717, 1.165) is 29.7 Å². The first-order chi connectivity index (χ1) is 18.4. The molecule has 2 aromatic rings. The fraction of sp³-hybridized carbons (Fsp3) is 0.517. The van der Waals surface area contributed by atoms with Crippen LogP contribution in [-0.4, -0.2) is 63.9 Å². The summed E-state index contributed by atoms with van der Waals surface area (Å²) >= 11 is 0. The van der Waals surface area contributed by atoms with Crippen molar-refractivity contribution < 1.29 is 34.4 Å². The molecule has 0 bridgehead atoms. The highest BCUT2D eigenvalue weighted by Gasteiger charge is 2.34. The van der Waals surface area contributed by atoms with E-state index in [1.807, 2.05) is 48.5 Å². The van der Waals surface area contributed by atoms with E-state index < -0.39 is 12.3 Å². The van der Waals surface area contributed by atoms with E-state index in [-0.39, 0.29) is 37.2 Å². The second kappa shape index (κ2) is 13.8. The molecule has 9 nitrogen and oxygen atoms in total. The Morgan fingerprint density at radius 3 is 2.32 bits per heavy atom. The van der Waals surface area contributed by atoms with Crippen molar-refractivity contribution >= 4 is 17.6 Å². The maximum atomic E-state index is 12.3. The zero-order chi connectivity index (χ0) is 26.9. The monoisotopic (exact) mass is 526 g/mol. The lowest BCUT2D eigenvalue weighted by atomic mass is 9.99. The summed E-state index contributed by atoms with van der Waals surface area (Å²) < 4.78 is 12.7. The molecule has 2 fully saturated rings. The van der Waals surface area contributed by atoms with Gasteiger partial charge in [-0.1, -0.05) is 42.8 Å². The van der Waals surface area contributed by atoms with Crippen LogP contribution in [0.2, 0.25) is 0 Å². The van der Waals surface area contributed by atoms with Gasteiger partial charge in [0.25, 0.3) is 0 Å². The number of likely N-dealkylation sites (tertiary alicyclic amines) is 1. The van der Waals surface area contributed by atoms with Crippen LogP contribution < -0.4 is 5.32 Å². The summed E-state index contributed by atoms with van der Waals surface area (Å²) in [5.41, 5.74) is 3.39. The van der Waals surface area contributed by atoms with Crippen molar-refractivity contribution in [3.05, 3.63) is 65.2 Å². The molecule has 2 saturated heterocycles. The molecule has 0 unspecified atom stereocenters. The van der Waals surface area contributed by atoms with Gasteiger partial charge in [-0.25, -0.2) is 0 Å². The molecule has 38 heavy (non-hydrogen) atoms. The van der Waals surface area contributed by atoms with Crippen LogP contribution in [0, 0.1) is 0 Å². The molecule has 1 amide bonds. The Morgan fingerprint density at radius 1 is 0.947 bits per heavy atom. The minimum absolute atomic E-state index is 0.00887. The lowest BCUT2D eigenvalue weighted by Crippen LogP contribution is -2.38. The van der Waals surface area contributed by atoms with Crippen molar-refractivity contribution in [3.8, 4) is 0 Å². The number of amides is 1. The standard InChI is InChI=1S/C29H38N2O7/c32-19-20-6-8-21(9-7-20)26-16-25(18-31-15-14-24(33)17-31)37-29(38-26)22-10-12-23(13-11-22)30-27(34)4-2-1-3-5-28(35)36/h6-13,24-26,29,32-33H,1-5,14-19H2,(H,30,34)(H,35,36)/t24-,25+,26-,29-/m0/s1. The van der Waals surface area contributed by atoms with Crippen molar-refractivity contribution in [2.24, 2.45) is 0 Å². The summed E-state index contributed by atoms with van der Waals surface area (Å²) in [5.74, 6) is -0.912. The van der Waals surface area contributed by atoms with Crippen LogP contribution in [0.4, 0.5) is 5.69 Å². The van der Waals surface area contributed by atoms with Gasteiger partial charge in [0, 0.05) is 50.1 Å². The average Bonchev–Trinajstić information content (AvgIpc) is 3.32. The average molecular weight is 527 g/mol. The number of nitrogens with zero attached hydrogens (tertiary/aromatic N) is 1. The van der Waals surface area contributed by atoms with E-state index >= 15 is 0 Å². The number of hydrogen-bond donors (Lipinski definition) is 4. The number of anilines is 1. The Hall–Kier alpha value is -2.82. The molecule has 0 aliphatic carbocycles. The van der Waals surface area contributed by atoms with Crippen LogP contribution in [0.1, 0.15) is 74.0 Å². The third-order valence-electron chi connectivity index (χ3n) is 7.09. The van der Waals surface area contributed by atoms with E-state index in [9.17, 15) is 19.8 Å². The Morgan fingerprint density at radius 2 is 1.66 bits per heavy atom. The highest BCUT2D eigenvalue weighted by molar-refractivity contribution is 5.90. The third-order valence-corrected chi connectivity index (χ3v) is 7.09. The zero-order valence-electron chi connectivity index (χ0n) is 21.6. The number of carboxylic acids is 1. The predicted molar refractivity (Wildman–Crippen MR) is 141 cm³/mol. The Labute approximate surface area is 223 Å². The van der Waals surface area contributed by atoms with E-state index in [4.69, 9.17) is 14.6 Å². The van der Waals surface area contributed by atoms with Gasteiger partial charge in [-0.15, -0.1) is 0 Å². The molecule has 4 atom stereocenters. The molecule has 0 saturated carbocycles. The first-order valence-corrected chi connectivity index (χ1v) is 13.4. The van der Waals surface area contributed by atoms with Crippen molar-refractivity contribution in [1.82, 2.24) is 4.90 Å². The second-order valence-electron chi connectivity index (χ2n) is 10.2. The summed E-state index contributed by atoms with van der Waals surface area (Å²) in [6.07, 6.45) is 2.72. The minimum Gasteiger partial charge on any atom is -0.481 e. The fourth-order valence-electron chi connectivity index (χ4n) is 4.98. The topological polar surface area (TPSA) is 129 Å². The SMILES string of the molecule is O=C(O)CCCCCC(=O)Nc1ccc([C@H]2O[C@@H](CN3CC[C@H](O)C3)C[C@@H](c3ccc(CO)cc3)O2)cc1. The molecule has 0 aromatic heterocycles. The molecule has 4 rings (SSSR count). The van der Waals surface area contributed by atoms with Crippen LogP contribution >= 0.6 is 0 Å². The first kappa shape index (κ1) is 28.2. The quantitative estimate of drug-likeness (QED) is 0.308. The largest absolute Gasteiger partial charge is 0.481 e. The van der Waals surface area contributed by atoms with E-state index in [0.29, 0.717) is 50.9 Å². The van der Waals surface area contributed by atoms with E-state index in [1.54, 1.807) is 0 Å². The molecular weight excluding hydrogens is 488 g/mol. The van der Waals surface area contributed by atoms with Crippen molar-refractivity contribution in [2.45, 2.75) is 76.2 Å². The molecule has 0 radical (unpaired) electrons. The molecule has 9 heteroatoms. The minimum atomic E-state index is -0.812. The summed E-state index contributed by atoms with van der Waals surface area (Å²) in [5, 5.41) is 30.9. The molecule has 2 aliphatic rings. The number of unbranched alkanes of at least 4 members (excludes halogenated alkanes) is 2. The number of nitrogens with one attached hydrogen (secondary N) is 1. The van der Waals surface area contributed by atoms with Crippen LogP contribution in [0.5, 0.6) is 0 Å². The zero-order valence-corrected chi connectivity index (χ0v) is 21.6. The normalized spacial score (nSPS) is 23.8. The lowest BCUT2D eigenvalue weighted by Gasteiger charge is -2.37. The van der Waals surface area contributed by atoms with Gasteiger partial charge >= 0.3 is 5.97 Å². The molecular formula is C29H38N2O7. The summed E-state index contributed by atoms with van der Waals surface area (Å²) in [7, 11) is 0. The molecule has 206 valence electrons. The van der Waals surface area contributed by atoms with Crippen LogP contribution in [0.3, 0.4) is 0 Å². The van der Waals surface area contributed by atoms with Crippen LogP contribution in [-0.2, 0) is 25.7 Å². The number of benzene rings is 2. The van der Waals surface area contributed by atoms with Gasteiger partial charge in [-0.2, -0.15) is 0 Å². The number of aliphatic hydroxyl groups excluding tert-OH is 2. The van der Waals surface area contributed by atoms with Crippen molar-refractivity contribution in [2.75, 3.05) is 25.0 Å². The smallest absolute Gasteiger partial charge is 0.303 e. The lowest BCUT2D eigenvalue weighted by molar-refractivity contribution is -0.252. The fourth-order valence-corrected chi connectivity index (χ4v) is 4.98. The summed E-state index contributed by atoms with van der Waals surface area (Å²) in [6, 6.07) is 15.2. The van der Waals surface area contributed by atoms with E-state index in [2.05, 4.69) is 10.2 Å². The second-order valence-corrected chi connectivity index (χ2v) is 10.2. The van der Waals surface area contributed by atoms with Crippen molar-refractivity contribution in [3.63, 3.8) is 0 Å². The predicted octanol–water partition coefficient (Wildman–Crippen LogP) is 3.76. The molecule has 2 heterocycles. The Bertz CT molecular complexity index is 1040. The third kappa shape index (κ3) is 8.34. The van der Waals surface area contributed by atoms with Gasteiger partial charge in [-0.3, -0.25) is 14.5 Å². The highest BCUT2D eigenvalue weighted by Crippen LogP contribution is 2.38. The van der Waals surface area contributed by atoms with Crippen LogP contribution in [0.25, 0.3) is 0 Å². The number of aliphatic carboxylic acids is 1. The first-order valence-electron chi connectivity index (χ1n) is 13.4. The number of ether oxygens (including phenoxy) is 2. The number of rotatable bonds is 12. The van der Waals surface area contributed by atoms with Gasteiger partial charge in [0.05, 0.1) is 24.9 Å². The maximum absolute atomic E-state index is 12.3. The Kier molecular flexibility index (Phi) is 10.3. The molecule has 4 N–H and O–H groups in total. The Balaban J connectivity index is 1.37. The summed E-state index contributed by atoms with van der Waals surface area (Å²) in [4.78, 5) is 25.1. The molecule has 2 aliphatic heterocycles. The summed E-state index contributed by atoms with van der Waals surface area (Å²) in [6.45, 7) is 2.19. The number of aliphatic hydroxyl groups is 2. The van der Waals surface area contributed by atoms with Gasteiger partial charge in [0.1, 0.15) is 0 Å². The maximum Gasteiger partial charge on any atom is 0.303 e. The number of carbonyl (C=O) groups excluding carboxylic acids is 1. The number of carbonyl (C=O) groups is 2. The van der Waals surface area contributed by atoms with Gasteiger partial charge in [0.2, 0.25) is 5.91 Å². The van der Waals surface area contributed by atoms with Crippen molar-refractivity contribution in [1.29, 1.82) is 0 Å². The van der Waals surface area contributed by atoms with Gasteiger partial charge in [0.15, 0.2) is 6.29 Å². The number of hydrogen-bond acceptors (Lipinski definition) is 7. The highest BCUT2D eigenvalue weighted by atomic mass is 16.7. The van der Waals surface area contributed by atoms with Crippen LogP contribution in [0.15, 0.2) is 48.5 Å². The van der Waals surface area contributed by atoms with Gasteiger partial charge in [-0.05, 0) is 42.5 Å². The van der Waals surface area contributed by atoms with E-state index in [1.165, 1.54) is 0 Å². The van der Waals surface area contributed by atoms with Gasteiger partial charge < -0.3 is 30.1 Å². The number of β-amino-alcohol motifs (C(OH)–C–C–N with tert-alkyl or cyclic N) is 1. The molecule has 2 aromatic carbocycles. The number of carboxylic acid groups (broad SMARTS) is 1.